The summed E-state index contributed by atoms with van der Waals surface area (Å²) in [4.78, 5) is 13.2. The Hall–Kier alpha value is -1.55. The van der Waals surface area contributed by atoms with Crippen molar-refractivity contribution in [2.24, 2.45) is 5.92 Å². The van der Waals surface area contributed by atoms with Gasteiger partial charge in [0, 0.05) is 25.4 Å². The summed E-state index contributed by atoms with van der Waals surface area (Å²) in [5, 5.41) is 18.2. The maximum Gasteiger partial charge on any atom is 0.335 e. The van der Waals surface area contributed by atoms with Gasteiger partial charge in [0.2, 0.25) is 0 Å². The SMILES string of the molecule is Cc1cc(N2CCCC(CO)C2)ccc1C(=O)O. The van der Waals surface area contributed by atoms with Crippen molar-refractivity contribution in [3.05, 3.63) is 29.3 Å². The van der Waals surface area contributed by atoms with Gasteiger partial charge in [-0.3, -0.25) is 0 Å². The number of carboxylic acids is 1. The summed E-state index contributed by atoms with van der Waals surface area (Å²) < 4.78 is 0. The molecule has 1 aliphatic heterocycles. The number of nitrogens with zero attached hydrogens (tertiary/aromatic N) is 1. The number of carbonyl (C=O) groups is 1. The minimum Gasteiger partial charge on any atom is -0.478 e. The predicted molar refractivity (Wildman–Crippen MR) is 70.2 cm³/mol. The molecule has 1 atom stereocenters. The van der Waals surface area contributed by atoms with E-state index in [4.69, 9.17) is 5.11 Å². The van der Waals surface area contributed by atoms with Gasteiger partial charge in [-0.15, -0.1) is 0 Å². The zero-order chi connectivity index (χ0) is 13.1. The van der Waals surface area contributed by atoms with Crippen molar-refractivity contribution in [1.29, 1.82) is 0 Å². The molecule has 1 aromatic carbocycles. The maximum absolute atomic E-state index is 11.0. The summed E-state index contributed by atoms with van der Waals surface area (Å²) >= 11 is 0. The molecule has 1 unspecified atom stereocenters. The summed E-state index contributed by atoms with van der Waals surface area (Å²) in [7, 11) is 0. The number of aliphatic hydroxyl groups excluding tert-OH is 1. The number of hydrogen-bond donors (Lipinski definition) is 2. The zero-order valence-corrected chi connectivity index (χ0v) is 10.6. The molecule has 2 rings (SSSR count). The van der Waals surface area contributed by atoms with E-state index in [9.17, 15) is 9.90 Å². The second-order valence-corrected chi connectivity index (χ2v) is 4.94. The first-order chi connectivity index (χ1) is 8.61. The summed E-state index contributed by atoms with van der Waals surface area (Å²) in [6.07, 6.45) is 2.14. The first-order valence-electron chi connectivity index (χ1n) is 6.31. The predicted octanol–water partition coefficient (Wildman–Crippen LogP) is 1.90. The number of hydrogen-bond acceptors (Lipinski definition) is 3. The molecule has 0 amide bonds. The molecular weight excluding hydrogens is 230 g/mol. The number of piperidine rings is 1. The average molecular weight is 249 g/mol. The van der Waals surface area contributed by atoms with Gasteiger partial charge in [0.25, 0.3) is 0 Å². The third-order valence-electron chi connectivity index (χ3n) is 3.58. The summed E-state index contributed by atoms with van der Waals surface area (Å²) in [6.45, 7) is 3.87. The molecule has 0 spiro atoms. The quantitative estimate of drug-likeness (QED) is 0.859. The number of rotatable bonds is 3. The van der Waals surface area contributed by atoms with Gasteiger partial charge < -0.3 is 15.1 Å². The van der Waals surface area contributed by atoms with E-state index in [1.54, 1.807) is 6.07 Å². The minimum atomic E-state index is -0.883. The van der Waals surface area contributed by atoms with E-state index in [1.165, 1.54) is 0 Å². The Morgan fingerprint density at radius 3 is 2.89 bits per heavy atom. The van der Waals surface area contributed by atoms with Crippen LogP contribution in [0.25, 0.3) is 0 Å². The van der Waals surface area contributed by atoms with Crippen molar-refractivity contribution in [1.82, 2.24) is 0 Å². The number of benzene rings is 1. The highest BCUT2D eigenvalue weighted by molar-refractivity contribution is 5.89. The second-order valence-electron chi connectivity index (χ2n) is 4.94. The zero-order valence-electron chi connectivity index (χ0n) is 10.6. The van der Waals surface area contributed by atoms with E-state index < -0.39 is 5.97 Å². The van der Waals surface area contributed by atoms with Crippen LogP contribution in [0.4, 0.5) is 5.69 Å². The molecule has 0 aromatic heterocycles. The van der Waals surface area contributed by atoms with Crippen LogP contribution in [0.15, 0.2) is 18.2 Å². The lowest BCUT2D eigenvalue weighted by molar-refractivity contribution is 0.0696. The number of aryl methyl sites for hydroxylation is 1. The lowest BCUT2D eigenvalue weighted by Gasteiger charge is -2.33. The third kappa shape index (κ3) is 2.64. The Labute approximate surface area is 107 Å². The molecule has 2 N–H and O–H groups in total. The molecular formula is C14H19NO3. The van der Waals surface area contributed by atoms with Crippen LogP contribution >= 0.6 is 0 Å². The Balaban J connectivity index is 2.18. The molecule has 4 nitrogen and oxygen atoms in total. The van der Waals surface area contributed by atoms with E-state index in [-0.39, 0.29) is 6.61 Å². The van der Waals surface area contributed by atoms with Crippen LogP contribution in [-0.2, 0) is 0 Å². The molecule has 0 radical (unpaired) electrons. The highest BCUT2D eigenvalue weighted by Gasteiger charge is 2.20. The van der Waals surface area contributed by atoms with E-state index in [0.29, 0.717) is 11.5 Å². The highest BCUT2D eigenvalue weighted by Crippen LogP contribution is 2.25. The molecule has 0 aliphatic carbocycles. The first-order valence-corrected chi connectivity index (χ1v) is 6.31. The van der Waals surface area contributed by atoms with Crippen molar-refractivity contribution in [3.8, 4) is 0 Å². The topological polar surface area (TPSA) is 60.8 Å². The van der Waals surface area contributed by atoms with Crippen LogP contribution in [0.5, 0.6) is 0 Å². The van der Waals surface area contributed by atoms with Gasteiger partial charge in [0.05, 0.1) is 5.56 Å². The number of aliphatic hydroxyl groups is 1. The summed E-state index contributed by atoms with van der Waals surface area (Å²) in [5.74, 6) is -0.552. The lowest BCUT2D eigenvalue weighted by atomic mass is 9.98. The van der Waals surface area contributed by atoms with E-state index >= 15 is 0 Å². The van der Waals surface area contributed by atoms with E-state index in [2.05, 4.69) is 4.90 Å². The van der Waals surface area contributed by atoms with Crippen LogP contribution in [0, 0.1) is 12.8 Å². The maximum atomic E-state index is 11.0. The van der Waals surface area contributed by atoms with E-state index in [1.807, 2.05) is 19.1 Å². The normalized spacial score (nSPS) is 19.9. The van der Waals surface area contributed by atoms with Gasteiger partial charge in [-0.1, -0.05) is 0 Å². The van der Waals surface area contributed by atoms with Gasteiger partial charge in [-0.2, -0.15) is 0 Å². The smallest absolute Gasteiger partial charge is 0.335 e. The van der Waals surface area contributed by atoms with Crippen LogP contribution < -0.4 is 4.90 Å². The fourth-order valence-corrected chi connectivity index (χ4v) is 2.53. The fourth-order valence-electron chi connectivity index (χ4n) is 2.53. The Morgan fingerprint density at radius 2 is 2.28 bits per heavy atom. The average Bonchev–Trinajstić information content (AvgIpc) is 2.38. The second kappa shape index (κ2) is 5.40. The van der Waals surface area contributed by atoms with Crippen molar-refractivity contribution >= 4 is 11.7 Å². The molecule has 1 saturated heterocycles. The van der Waals surface area contributed by atoms with Crippen LogP contribution in [0.2, 0.25) is 0 Å². The largest absolute Gasteiger partial charge is 0.478 e. The fraction of sp³-hybridized carbons (Fsp3) is 0.500. The Kier molecular flexibility index (Phi) is 3.87. The highest BCUT2D eigenvalue weighted by atomic mass is 16.4. The van der Waals surface area contributed by atoms with Crippen molar-refractivity contribution in [2.45, 2.75) is 19.8 Å². The van der Waals surface area contributed by atoms with Crippen molar-refractivity contribution in [2.75, 3.05) is 24.6 Å². The minimum absolute atomic E-state index is 0.225. The molecule has 1 aromatic rings. The number of aromatic carboxylic acids is 1. The standard InChI is InChI=1S/C14H19NO3/c1-10-7-12(4-5-13(10)14(17)18)15-6-2-3-11(8-15)9-16/h4-5,7,11,16H,2-3,6,8-9H2,1H3,(H,17,18). The number of anilines is 1. The molecule has 1 heterocycles. The Morgan fingerprint density at radius 1 is 1.50 bits per heavy atom. The van der Waals surface area contributed by atoms with Crippen LogP contribution in [0.1, 0.15) is 28.8 Å². The van der Waals surface area contributed by atoms with Gasteiger partial charge in [0.15, 0.2) is 0 Å². The number of carboxylic acid groups (broad SMARTS) is 1. The lowest BCUT2D eigenvalue weighted by Crippen LogP contribution is -2.36. The molecule has 0 bridgehead atoms. The molecule has 4 heteroatoms. The van der Waals surface area contributed by atoms with Crippen molar-refractivity contribution in [3.63, 3.8) is 0 Å². The molecule has 1 aliphatic rings. The van der Waals surface area contributed by atoms with E-state index in [0.717, 1.165) is 37.2 Å². The molecule has 0 saturated carbocycles. The monoisotopic (exact) mass is 249 g/mol. The summed E-state index contributed by atoms with van der Waals surface area (Å²) in [6, 6.07) is 5.44. The molecule has 18 heavy (non-hydrogen) atoms. The van der Waals surface area contributed by atoms with Crippen LogP contribution in [0.3, 0.4) is 0 Å². The molecule has 98 valence electrons. The third-order valence-corrected chi connectivity index (χ3v) is 3.58. The van der Waals surface area contributed by atoms with Crippen molar-refractivity contribution < 1.29 is 15.0 Å². The first kappa shape index (κ1) is 12.9. The molecule has 1 fully saturated rings. The van der Waals surface area contributed by atoms with Gasteiger partial charge in [0.1, 0.15) is 0 Å². The van der Waals surface area contributed by atoms with Gasteiger partial charge in [-0.25, -0.2) is 4.79 Å². The Bertz CT molecular complexity index is 445. The van der Waals surface area contributed by atoms with Gasteiger partial charge in [-0.05, 0) is 49.4 Å². The van der Waals surface area contributed by atoms with Crippen LogP contribution in [-0.4, -0.2) is 35.9 Å². The van der Waals surface area contributed by atoms with Gasteiger partial charge >= 0.3 is 5.97 Å². The summed E-state index contributed by atoms with van der Waals surface area (Å²) in [5.41, 5.74) is 2.19.